The van der Waals surface area contributed by atoms with Gasteiger partial charge in [-0.15, -0.1) is 0 Å². The Morgan fingerprint density at radius 3 is 2.71 bits per heavy atom. The minimum Gasteiger partial charge on any atom is -0.464 e. The maximum atomic E-state index is 12.7. The molecule has 0 aliphatic rings. The fraction of sp³-hybridized carbons (Fsp3) is 0.231. The SMILES string of the molecule is COC(=O)c1cc(Br)nn1Cc1cccc(C(F)(F)F)c1. The van der Waals surface area contributed by atoms with Gasteiger partial charge >= 0.3 is 12.1 Å². The van der Waals surface area contributed by atoms with Crippen LogP contribution in [-0.2, 0) is 17.5 Å². The second-order valence-electron chi connectivity index (χ2n) is 4.20. The number of ether oxygens (including phenoxy) is 1. The zero-order chi connectivity index (χ0) is 15.6. The summed E-state index contributed by atoms with van der Waals surface area (Å²) >= 11 is 3.12. The summed E-state index contributed by atoms with van der Waals surface area (Å²) in [6, 6.07) is 6.31. The smallest absolute Gasteiger partial charge is 0.416 e. The average Bonchev–Trinajstić information content (AvgIpc) is 2.78. The molecule has 1 aromatic heterocycles. The highest BCUT2D eigenvalue weighted by Crippen LogP contribution is 2.29. The number of carbonyl (C=O) groups excluding carboxylic acids is 1. The first kappa shape index (κ1) is 15.6. The van der Waals surface area contributed by atoms with Gasteiger partial charge in [0.05, 0.1) is 19.2 Å². The summed E-state index contributed by atoms with van der Waals surface area (Å²) in [7, 11) is 1.22. The minimum atomic E-state index is -4.41. The molecule has 0 amide bonds. The van der Waals surface area contributed by atoms with E-state index >= 15 is 0 Å². The van der Waals surface area contributed by atoms with E-state index in [2.05, 4.69) is 25.8 Å². The molecule has 2 aromatic rings. The summed E-state index contributed by atoms with van der Waals surface area (Å²) in [5.41, 5.74) is -0.210. The number of methoxy groups -OCH3 is 1. The van der Waals surface area contributed by atoms with Crippen molar-refractivity contribution in [3.8, 4) is 0 Å². The van der Waals surface area contributed by atoms with E-state index < -0.39 is 17.7 Å². The zero-order valence-electron chi connectivity index (χ0n) is 10.8. The van der Waals surface area contributed by atoms with Crippen molar-refractivity contribution in [3.63, 3.8) is 0 Å². The molecule has 4 nitrogen and oxygen atoms in total. The fourth-order valence-electron chi connectivity index (χ4n) is 1.79. The van der Waals surface area contributed by atoms with Crippen molar-refractivity contribution in [3.05, 3.63) is 51.8 Å². The molecule has 2 rings (SSSR count). The largest absolute Gasteiger partial charge is 0.464 e. The average molecular weight is 363 g/mol. The first-order valence-electron chi connectivity index (χ1n) is 5.79. The number of benzene rings is 1. The van der Waals surface area contributed by atoms with Gasteiger partial charge in [-0.05, 0) is 33.6 Å². The van der Waals surface area contributed by atoms with Crippen LogP contribution >= 0.6 is 15.9 Å². The van der Waals surface area contributed by atoms with Crippen LogP contribution < -0.4 is 0 Å². The highest BCUT2D eigenvalue weighted by molar-refractivity contribution is 9.10. The van der Waals surface area contributed by atoms with Crippen molar-refractivity contribution in [2.24, 2.45) is 0 Å². The van der Waals surface area contributed by atoms with Gasteiger partial charge in [0, 0.05) is 6.07 Å². The molecule has 0 unspecified atom stereocenters. The molecule has 1 aromatic carbocycles. The van der Waals surface area contributed by atoms with Gasteiger partial charge in [0.25, 0.3) is 0 Å². The molecular weight excluding hydrogens is 353 g/mol. The van der Waals surface area contributed by atoms with Crippen LogP contribution in [0.2, 0.25) is 0 Å². The van der Waals surface area contributed by atoms with E-state index in [-0.39, 0.29) is 12.2 Å². The van der Waals surface area contributed by atoms with Crippen molar-refractivity contribution in [1.82, 2.24) is 9.78 Å². The molecule has 21 heavy (non-hydrogen) atoms. The number of hydrogen-bond acceptors (Lipinski definition) is 3. The molecule has 0 spiro atoms. The van der Waals surface area contributed by atoms with Crippen LogP contribution in [0.4, 0.5) is 13.2 Å². The summed E-state index contributed by atoms with van der Waals surface area (Å²) in [6.07, 6.45) is -4.41. The summed E-state index contributed by atoms with van der Waals surface area (Å²) in [5, 5.41) is 4.02. The lowest BCUT2D eigenvalue weighted by Crippen LogP contribution is -2.13. The lowest BCUT2D eigenvalue weighted by atomic mass is 10.1. The Morgan fingerprint density at radius 1 is 1.38 bits per heavy atom. The molecule has 0 fully saturated rings. The van der Waals surface area contributed by atoms with E-state index in [9.17, 15) is 18.0 Å². The maximum absolute atomic E-state index is 12.7. The third-order valence-corrected chi connectivity index (χ3v) is 3.12. The van der Waals surface area contributed by atoms with Crippen molar-refractivity contribution < 1.29 is 22.7 Å². The van der Waals surface area contributed by atoms with Crippen LogP contribution in [0.3, 0.4) is 0 Å². The number of halogens is 4. The van der Waals surface area contributed by atoms with Crippen molar-refractivity contribution in [2.45, 2.75) is 12.7 Å². The Bertz CT molecular complexity index is 668. The molecule has 0 radical (unpaired) electrons. The van der Waals surface area contributed by atoms with Gasteiger partial charge in [-0.2, -0.15) is 18.3 Å². The second kappa shape index (κ2) is 5.88. The Balaban J connectivity index is 2.33. The van der Waals surface area contributed by atoms with Crippen LogP contribution in [0.15, 0.2) is 34.9 Å². The second-order valence-corrected chi connectivity index (χ2v) is 5.01. The molecule has 0 bridgehead atoms. The predicted molar refractivity (Wildman–Crippen MR) is 71.8 cm³/mol. The first-order chi connectivity index (χ1) is 9.81. The number of esters is 1. The Kier molecular flexibility index (Phi) is 4.36. The summed E-state index contributed by atoms with van der Waals surface area (Å²) in [6.45, 7) is 0.0277. The van der Waals surface area contributed by atoms with E-state index in [1.165, 1.54) is 30.0 Å². The van der Waals surface area contributed by atoms with Crippen molar-refractivity contribution in [1.29, 1.82) is 0 Å². The highest BCUT2D eigenvalue weighted by Gasteiger charge is 2.30. The van der Waals surface area contributed by atoms with Crippen molar-refractivity contribution in [2.75, 3.05) is 7.11 Å². The number of alkyl halides is 3. The van der Waals surface area contributed by atoms with Gasteiger partial charge in [0.15, 0.2) is 0 Å². The molecular formula is C13H10BrF3N2O2. The molecule has 0 saturated carbocycles. The lowest BCUT2D eigenvalue weighted by Gasteiger charge is -2.10. The molecule has 0 N–H and O–H groups in total. The van der Waals surface area contributed by atoms with Gasteiger partial charge in [-0.3, -0.25) is 4.68 Å². The van der Waals surface area contributed by atoms with Gasteiger partial charge < -0.3 is 4.74 Å². The van der Waals surface area contributed by atoms with Gasteiger partial charge in [-0.1, -0.05) is 12.1 Å². The maximum Gasteiger partial charge on any atom is 0.416 e. The van der Waals surface area contributed by atoms with E-state index in [0.717, 1.165) is 12.1 Å². The summed E-state index contributed by atoms with van der Waals surface area (Å²) in [4.78, 5) is 11.6. The van der Waals surface area contributed by atoms with E-state index in [0.29, 0.717) is 10.2 Å². The van der Waals surface area contributed by atoms with E-state index in [1.807, 2.05) is 0 Å². The Morgan fingerprint density at radius 2 is 2.10 bits per heavy atom. The molecule has 0 saturated heterocycles. The number of rotatable bonds is 3. The fourth-order valence-corrected chi connectivity index (χ4v) is 2.20. The summed E-state index contributed by atoms with van der Waals surface area (Å²) < 4.78 is 44.3. The zero-order valence-corrected chi connectivity index (χ0v) is 12.4. The minimum absolute atomic E-state index is 0.0277. The van der Waals surface area contributed by atoms with Crippen LogP contribution in [0.5, 0.6) is 0 Å². The normalized spacial score (nSPS) is 11.5. The molecule has 0 aliphatic carbocycles. The standard InChI is InChI=1S/C13H10BrF3N2O2/c1-21-12(20)10-6-11(14)18-19(10)7-8-3-2-4-9(5-8)13(15,16)17/h2-6H,7H2,1H3. The number of hydrogen-bond donors (Lipinski definition) is 0. The highest BCUT2D eigenvalue weighted by atomic mass is 79.9. The van der Waals surface area contributed by atoms with E-state index in [4.69, 9.17) is 0 Å². The predicted octanol–water partition coefficient (Wildman–Crippen LogP) is 3.50. The van der Waals surface area contributed by atoms with Gasteiger partial charge in [0.1, 0.15) is 10.3 Å². The van der Waals surface area contributed by atoms with Crippen LogP contribution in [-0.4, -0.2) is 22.9 Å². The van der Waals surface area contributed by atoms with Crippen LogP contribution in [0.25, 0.3) is 0 Å². The Hall–Kier alpha value is -1.83. The quantitative estimate of drug-likeness (QED) is 0.785. The lowest BCUT2D eigenvalue weighted by molar-refractivity contribution is -0.137. The topological polar surface area (TPSA) is 44.1 Å². The third kappa shape index (κ3) is 3.63. The van der Waals surface area contributed by atoms with Gasteiger partial charge in [-0.25, -0.2) is 4.79 Å². The molecule has 1 heterocycles. The number of carbonyl (C=O) groups is 1. The van der Waals surface area contributed by atoms with Gasteiger partial charge in [0.2, 0.25) is 0 Å². The van der Waals surface area contributed by atoms with Crippen LogP contribution in [0, 0.1) is 0 Å². The third-order valence-electron chi connectivity index (χ3n) is 2.73. The molecule has 0 atom stereocenters. The molecule has 112 valence electrons. The molecule has 0 aliphatic heterocycles. The first-order valence-corrected chi connectivity index (χ1v) is 6.58. The number of aromatic nitrogens is 2. The van der Waals surface area contributed by atoms with Crippen LogP contribution in [0.1, 0.15) is 21.6 Å². The van der Waals surface area contributed by atoms with Crippen molar-refractivity contribution >= 4 is 21.9 Å². The monoisotopic (exact) mass is 362 g/mol. The summed E-state index contributed by atoms with van der Waals surface area (Å²) in [5.74, 6) is -0.611. The number of nitrogens with zero attached hydrogens (tertiary/aromatic N) is 2. The molecule has 8 heteroatoms. The van der Waals surface area contributed by atoms with E-state index in [1.54, 1.807) is 0 Å². The Labute approximate surface area is 126 Å².